The average Bonchev–Trinajstić information content (AvgIpc) is 3.31. The molecule has 0 spiro atoms. The van der Waals surface area contributed by atoms with E-state index in [1.54, 1.807) is 35.3 Å². The molecule has 0 saturated carbocycles. The second-order valence-corrected chi connectivity index (χ2v) is 7.20. The Kier molecular flexibility index (Phi) is 5.05. The summed E-state index contributed by atoms with van der Waals surface area (Å²) in [5.74, 6) is 0.680. The molecule has 7 heteroatoms. The van der Waals surface area contributed by atoms with Crippen molar-refractivity contribution in [1.82, 2.24) is 24.2 Å². The summed E-state index contributed by atoms with van der Waals surface area (Å²) >= 11 is 0. The van der Waals surface area contributed by atoms with Gasteiger partial charge in [-0.3, -0.25) is 4.90 Å². The maximum Gasteiger partial charge on any atom is 0.148 e. The lowest BCUT2D eigenvalue weighted by atomic mass is 9.90. The highest BCUT2D eigenvalue weighted by Gasteiger charge is 2.28. The van der Waals surface area contributed by atoms with Gasteiger partial charge in [-0.15, -0.1) is 0 Å². The number of imidazole rings is 1. The number of aryl methyl sites for hydroxylation is 1. The van der Waals surface area contributed by atoms with Crippen LogP contribution >= 0.6 is 0 Å². The molecule has 142 valence electrons. The Morgan fingerprint density at radius 1 is 1.26 bits per heavy atom. The van der Waals surface area contributed by atoms with E-state index in [0.717, 1.165) is 43.9 Å². The number of hydrogen-bond acceptors (Lipinski definition) is 4. The molecule has 1 aromatic carbocycles. The Bertz CT molecular complexity index is 897. The molecule has 1 saturated heterocycles. The van der Waals surface area contributed by atoms with Crippen LogP contribution in [0.3, 0.4) is 0 Å². The number of rotatable bonds is 5. The lowest BCUT2D eigenvalue weighted by Crippen LogP contribution is -2.35. The molecule has 1 N–H and O–H groups in total. The van der Waals surface area contributed by atoms with E-state index in [4.69, 9.17) is 0 Å². The summed E-state index contributed by atoms with van der Waals surface area (Å²) in [4.78, 5) is 6.63. The molecule has 0 radical (unpaired) electrons. The minimum Gasteiger partial charge on any atom is -0.385 e. The van der Waals surface area contributed by atoms with Gasteiger partial charge in [-0.25, -0.2) is 14.1 Å². The fourth-order valence-corrected chi connectivity index (χ4v) is 3.77. The predicted octanol–water partition coefficient (Wildman–Crippen LogP) is 2.69. The number of likely N-dealkylation sites (tertiary alicyclic amines) is 1. The summed E-state index contributed by atoms with van der Waals surface area (Å²) in [5, 5.41) is 14.9. The zero-order chi connectivity index (χ0) is 18.8. The molecule has 0 aliphatic carbocycles. The molecule has 6 nitrogen and oxygen atoms in total. The summed E-state index contributed by atoms with van der Waals surface area (Å²) < 4.78 is 17.4. The second kappa shape index (κ2) is 7.62. The fraction of sp³-hybridized carbons (Fsp3) is 0.400. The Balaban J connectivity index is 1.35. The average molecular weight is 369 g/mol. The van der Waals surface area contributed by atoms with Gasteiger partial charge in [0.15, 0.2) is 0 Å². The van der Waals surface area contributed by atoms with Gasteiger partial charge >= 0.3 is 0 Å². The van der Waals surface area contributed by atoms with Gasteiger partial charge in [-0.05, 0) is 44.0 Å². The number of aliphatic hydroxyl groups excluding tert-OH is 1. The van der Waals surface area contributed by atoms with Crippen LogP contribution in [0.15, 0.2) is 49.1 Å². The predicted molar refractivity (Wildman–Crippen MR) is 99.7 cm³/mol. The molecule has 4 rings (SSSR count). The zero-order valence-corrected chi connectivity index (χ0v) is 15.4. The maximum atomic E-state index is 13.9. The van der Waals surface area contributed by atoms with Gasteiger partial charge in [0.1, 0.15) is 23.4 Å². The molecule has 27 heavy (non-hydrogen) atoms. The lowest BCUT2D eigenvalue weighted by molar-refractivity contribution is 0.0492. The van der Waals surface area contributed by atoms with Crippen molar-refractivity contribution in [3.63, 3.8) is 0 Å². The number of hydrogen-bond donors (Lipinski definition) is 1. The Morgan fingerprint density at radius 2 is 2.04 bits per heavy atom. The van der Waals surface area contributed by atoms with Crippen LogP contribution in [0.25, 0.3) is 5.69 Å². The molecule has 0 unspecified atom stereocenters. The Morgan fingerprint density at radius 3 is 2.74 bits per heavy atom. The maximum absolute atomic E-state index is 13.9. The van der Waals surface area contributed by atoms with Gasteiger partial charge in [0, 0.05) is 37.7 Å². The third kappa shape index (κ3) is 3.79. The number of nitrogens with zero attached hydrogens (tertiary/aromatic N) is 5. The van der Waals surface area contributed by atoms with E-state index in [2.05, 4.69) is 15.0 Å². The number of aromatic nitrogens is 4. The van der Waals surface area contributed by atoms with Crippen molar-refractivity contribution in [2.24, 2.45) is 13.0 Å². The fourth-order valence-electron chi connectivity index (χ4n) is 3.77. The first-order valence-electron chi connectivity index (χ1n) is 9.28. The molecule has 3 heterocycles. The minimum atomic E-state index is -0.518. The van der Waals surface area contributed by atoms with Gasteiger partial charge in [0.2, 0.25) is 0 Å². The summed E-state index contributed by atoms with van der Waals surface area (Å²) in [7, 11) is 1.91. The molecule has 2 aromatic heterocycles. The van der Waals surface area contributed by atoms with Crippen LogP contribution in [0.1, 0.15) is 30.3 Å². The third-order valence-corrected chi connectivity index (χ3v) is 5.34. The first-order chi connectivity index (χ1) is 13.1. The van der Waals surface area contributed by atoms with Crippen molar-refractivity contribution in [1.29, 1.82) is 0 Å². The number of benzene rings is 1. The molecule has 1 atom stereocenters. The van der Waals surface area contributed by atoms with Crippen molar-refractivity contribution in [3.05, 3.63) is 66.3 Å². The van der Waals surface area contributed by atoms with Crippen LogP contribution in [-0.4, -0.2) is 42.4 Å². The first-order valence-corrected chi connectivity index (χ1v) is 9.28. The molecular weight excluding hydrogens is 345 g/mol. The van der Waals surface area contributed by atoms with E-state index in [-0.39, 0.29) is 11.7 Å². The zero-order valence-electron chi connectivity index (χ0n) is 15.4. The summed E-state index contributed by atoms with van der Waals surface area (Å²) in [6.45, 7) is 2.60. The summed E-state index contributed by atoms with van der Waals surface area (Å²) in [5.41, 5.74) is 1.52. The van der Waals surface area contributed by atoms with Crippen LogP contribution in [0.2, 0.25) is 0 Å². The highest BCUT2D eigenvalue weighted by atomic mass is 19.1. The van der Waals surface area contributed by atoms with Crippen molar-refractivity contribution < 1.29 is 9.50 Å². The van der Waals surface area contributed by atoms with E-state index in [1.165, 1.54) is 6.07 Å². The van der Waals surface area contributed by atoms with Gasteiger partial charge in [-0.1, -0.05) is 12.1 Å². The van der Waals surface area contributed by atoms with Crippen LogP contribution in [0.5, 0.6) is 0 Å². The Hall–Kier alpha value is -2.51. The van der Waals surface area contributed by atoms with E-state index < -0.39 is 6.10 Å². The highest BCUT2D eigenvalue weighted by Crippen LogP contribution is 2.30. The largest absolute Gasteiger partial charge is 0.385 e. The second-order valence-electron chi connectivity index (χ2n) is 7.20. The smallest absolute Gasteiger partial charge is 0.148 e. The van der Waals surface area contributed by atoms with Crippen molar-refractivity contribution >= 4 is 0 Å². The van der Waals surface area contributed by atoms with E-state index >= 15 is 0 Å². The highest BCUT2D eigenvalue weighted by molar-refractivity contribution is 5.32. The van der Waals surface area contributed by atoms with E-state index in [1.807, 2.05) is 24.0 Å². The van der Waals surface area contributed by atoms with Crippen molar-refractivity contribution in [2.75, 3.05) is 13.1 Å². The van der Waals surface area contributed by atoms with Crippen LogP contribution in [0, 0.1) is 11.7 Å². The SMILES string of the molecule is Cn1ccnc1[C@@H](O)C1CCN(Cc2cnn(-c3ccccc3F)c2)CC1. The summed E-state index contributed by atoms with van der Waals surface area (Å²) in [6.07, 6.45) is 8.59. The molecule has 3 aromatic rings. The van der Waals surface area contributed by atoms with Gasteiger partial charge in [0.25, 0.3) is 0 Å². The van der Waals surface area contributed by atoms with Crippen molar-refractivity contribution in [2.45, 2.75) is 25.5 Å². The van der Waals surface area contributed by atoms with Crippen LogP contribution < -0.4 is 0 Å². The molecule has 1 fully saturated rings. The summed E-state index contributed by atoms with van der Waals surface area (Å²) in [6, 6.07) is 6.63. The van der Waals surface area contributed by atoms with Gasteiger partial charge < -0.3 is 9.67 Å². The van der Waals surface area contributed by atoms with Crippen molar-refractivity contribution in [3.8, 4) is 5.69 Å². The van der Waals surface area contributed by atoms with Gasteiger partial charge in [0.05, 0.1) is 6.20 Å². The topological polar surface area (TPSA) is 59.1 Å². The molecule has 0 amide bonds. The van der Waals surface area contributed by atoms with Crippen LogP contribution in [-0.2, 0) is 13.6 Å². The van der Waals surface area contributed by atoms with E-state index in [9.17, 15) is 9.50 Å². The number of para-hydroxylation sites is 1. The normalized spacial score (nSPS) is 17.3. The monoisotopic (exact) mass is 369 g/mol. The quantitative estimate of drug-likeness (QED) is 0.751. The van der Waals surface area contributed by atoms with Crippen LogP contribution in [0.4, 0.5) is 4.39 Å². The number of halogens is 1. The molecule has 1 aliphatic heterocycles. The van der Waals surface area contributed by atoms with Gasteiger partial charge in [-0.2, -0.15) is 5.10 Å². The first kappa shape index (κ1) is 17.9. The third-order valence-electron chi connectivity index (χ3n) is 5.34. The number of aliphatic hydroxyl groups is 1. The van der Waals surface area contributed by atoms with E-state index in [0.29, 0.717) is 5.69 Å². The molecular formula is C20H24FN5O. The molecule has 1 aliphatic rings. The molecule has 0 bridgehead atoms. The standard InChI is InChI=1S/C20H24FN5O/c1-24-11-8-22-20(24)19(27)16-6-9-25(10-7-16)13-15-12-23-26(14-15)18-5-3-2-4-17(18)21/h2-5,8,11-12,14,16,19,27H,6-7,9-10,13H2,1H3/t19-/m0/s1. The minimum absolute atomic E-state index is 0.225. The lowest BCUT2D eigenvalue weighted by Gasteiger charge is -2.33. The Labute approximate surface area is 157 Å². The number of piperidine rings is 1.